The molecule has 2 N–H and O–H groups in total. The van der Waals surface area contributed by atoms with Crippen LogP contribution in [0.1, 0.15) is 44.9 Å². The normalized spacial score (nSPS) is 15.6. The van der Waals surface area contributed by atoms with E-state index in [1.807, 2.05) is 69.3 Å². The molecule has 0 unspecified atom stereocenters. The maximum Gasteiger partial charge on any atom is 0.410 e. The summed E-state index contributed by atoms with van der Waals surface area (Å²) in [6.07, 6.45) is 2.44. The molecule has 0 bridgehead atoms. The van der Waals surface area contributed by atoms with E-state index in [-0.39, 0.29) is 12.1 Å². The minimum atomic E-state index is -0.401. The van der Waals surface area contributed by atoms with Gasteiger partial charge in [-0.25, -0.2) is 9.78 Å². The first-order valence-corrected chi connectivity index (χ1v) is 10.7. The van der Waals surface area contributed by atoms with Crippen LogP contribution >= 0.6 is 0 Å². The fourth-order valence-corrected chi connectivity index (χ4v) is 3.52. The Bertz CT molecular complexity index is 885. The van der Waals surface area contributed by atoms with Crippen molar-refractivity contribution in [3.63, 3.8) is 0 Å². The van der Waals surface area contributed by atoms with Gasteiger partial charge in [-0.3, -0.25) is 0 Å². The molecule has 1 amide bonds. The molecular weight excluding hydrogens is 392 g/mol. The smallest absolute Gasteiger partial charge is 0.410 e. The highest BCUT2D eigenvalue weighted by Crippen LogP contribution is 2.23. The first-order chi connectivity index (χ1) is 14.8. The molecule has 1 fully saturated rings. The number of rotatable bonds is 5. The third-order valence-electron chi connectivity index (χ3n) is 5.00. The number of pyridine rings is 1. The quantitative estimate of drug-likeness (QED) is 0.566. The van der Waals surface area contributed by atoms with E-state index in [4.69, 9.17) is 15.2 Å². The summed E-state index contributed by atoms with van der Waals surface area (Å²) in [5, 5.41) is 0. The lowest BCUT2D eigenvalue weighted by Gasteiger charge is -2.31. The summed E-state index contributed by atoms with van der Waals surface area (Å²) in [5.41, 5.74) is 7.43. The molecule has 0 spiro atoms. The SMILES string of the molecule is CC(C)(C)O/C(N)=N/c1cccc(CC2CCN(C(=O)OCc3ccccc3)CC2)n1. The van der Waals surface area contributed by atoms with Crippen molar-refractivity contribution in [3.8, 4) is 0 Å². The number of ether oxygens (including phenoxy) is 2. The summed E-state index contributed by atoms with van der Waals surface area (Å²) in [6.45, 7) is 7.46. The number of amides is 1. The summed E-state index contributed by atoms with van der Waals surface area (Å²) in [5.74, 6) is 1.01. The zero-order valence-electron chi connectivity index (χ0n) is 18.6. The molecule has 0 aliphatic carbocycles. The molecule has 2 aromatic rings. The standard InChI is InChI=1S/C24H32N4O3/c1-24(2,3)31-22(25)27-21-11-7-10-20(26-21)16-18-12-14-28(15-13-18)23(29)30-17-19-8-5-4-6-9-19/h4-11,18H,12-17H2,1-3H3,(H2,25,26,27). The molecule has 7 heteroatoms. The molecule has 1 aliphatic rings. The van der Waals surface area contributed by atoms with Crippen molar-refractivity contribution < 1.29 is 14.3 Å². The molecule has 166 valence electrons. The highest BCUT2D eigenvalue weighted by molar-refractivity contribution is 5.74. The van der Waals surface area contributed by atoms with Gasteiger partial charge >= 0.3 is 6.09 Å². The fourth-order valence-electron chi connectivity index (χ4n) is 3.52. The average Bonchev–Trinajstić information content (AvgIpc) is 2.72. The van der Waals surface area contributed by atoms with Crippen molar-refractivity contribution in [1.82, 2.24) is 9.88 Å². The van der Waals surface area contributed by atoms with Gasteiger partial charge in [0.25, 0.3) is 6.02 Å². The van der Waals surface area contributed by atoms with Gasteiger partial charge in [-0.1, -0.05) is 36.4 Å². The Morgan fingerprint density at radius 2 is 1.84 bits per heavy atom. The molecule has 0 atom stereocenters. The number of carbonyl (C=O) groups is 1. The van der Waals surface area contributed by atoms with Crippen LogP contribution in [0.5, 0.6) is 0 Å². The third-order valence-corrected chi connectivity index (χ3v) is 5.00. The van der Waals surface area contributed by atoms with E-state index >= 15 is 0 Å². The molecule has 7 nitrogen and oxygen atoms in total. The summed E-state index contributed by atoms with van der Waals surface area (Å²) < 4.78 is 11.0. The third kappa shape index (κ3) is 7.59. The summed E-state index contributed by atoms with van der Waals surface area (Å²) in [6, 6.07) is 15.6. The molecule has 0 radical (unpaired) electrons. The lowest BCUT2D eigenvalue weighted by atomic mass is 9.92. The lowest BCUT2D eigenvalue weighted by Crippen LogP contribution is -2.39. The van der Waals surface area contributed by atoms with Crippen LogP contribution in [-0.4, -0.2) is 40.7 Å². The zero-order valence-corrected chi connectivity index (χ0v) is 18.6. The highest BCUT2D eigenvalue weighted by Gasteiger charge is 2.24. The van der Waals surface area contributed by atoms with Crippen LogP contribution in [0, 0.1) is 5.92 Å². The van der Waals surface area contributed by atoms with E-state index in [0.717, 1.165) is 30.5 Å². The van der Waals surface area contributed by atoms with Gasteiger partial charge in [0.15, 0.2) is 5.82 Å². The monoisotopic (exact) mass is 424 g/mol. The van der Waals surface area contributed by atoms with Crippen molar-refractivity contribution in [3.05, 3.63) is 59.8 Å². The number of aromatic nitrogens is 1. The number of aliphatic imine (C=N–C) groups is 1. The Kier molecular flexibility index (Phi) is 7.50. The first-order valence-electron chi connectivity index (χ1n) is 10.7. The number of nitrogens with two attached hydrogens (primary N) is 1. The molecule has 2 heterocycles. The van der Waals surface area contributed by atoms with Gasteiger partial charge in [-0.05, 0) is 63.6 Å². The number of likely N-dealkylation sites (tertiary alicyclic amines) is 1. The van der Waals surface area contributed by atoms with Crippen LogP contribution in [0.2, 0.25) is 0 Å². The van der Waals surface area contributed by atoms with Gasteiger partial charge in [0.2, 0.25) is 0 Å². The molecule has 3 rings (SSSR count). The molecule has 1 aliphatic heterocycles. The van der Waals surface area contributed by atoms with E-state index in [2.05, 4.69) is 9.98 Å². The maximum absolute atomic E-state index is 12.3. The number of hydrogen-bond acceptors (Lipinski definition) is 5. The van der Waals surface area contributed by atoms with Crippen molar-refractivity contribution >= 4 is 17.9 Å². The van der Waals surface area contributed by atoms with E-state index in [9.17, 15) is 4.79 Å². The molecule has 1 saturated heterocycles. The molecule has 0 saturated carbocycles. The summed E-state index contributed by atoms with van der Waals surface area (Å²) in [4.78, 5) is 23.0. The van der Waals surface area contributed by atoms with Crippen molar-refractivity contribution in [1.29, 1.82) is 0 Å². The Balaban J connectivity index is 1.47. The second-order valence-electron chi connectivity index (χ2n) is 8.83. The van der Waals surface area contributed by atoms with Crippen LogP contribution < -0.4 is 5.73 Å². The van der Waals surface area contributed by atoms with Crippen LogP contribution in [0.25, 0.3) is 0 Å². The zero-order chi connectivity index (χ0) is 22.3. The average molecular weight is 425 g/mol. The maximum atomic E-state index is 12.3. The number of hydrogen-bond donors (Lipinski definition) is 1. The van der Waals surface area contributed by atoms with Gasteiger partial charge in [-0.2, -0.15) is 4.99 Å². The van der Waals surface area contributed by atoms with E-state index in [0.29, 0.717) is 31.4 Å². The number of benzene rings is 1. The Morgan fingerprint density at radius 3 is 2.52 bits per heavy atom. The largest absolute Gasteiger partial charge is 0.459 e. The lowest BCUT2D eigenvalue weighted by molar-refractivity contribution is 0.0822. The van der Waals surface area contributed by atoms with Crippen molar-refractivity contribution in [2.24, 2.45) is 16.6 Å². The second kappa shape index (κ2) is 10.3. The number of nitrogens with zero attached hydrogens (tertiary/aromatic N) is 3. The number of piperidine rings is 1. The van der Waals surface area contributed by atoms with Crippen LogP contribution in [0.3, 0.4) is 0 Å². The minimum absolute atomic E-state index is 0.111. The van der Waals surface area contributed by atoms with E-state index in [1.165, 1.54) is 0 Å². The predicted octanol–water partition coefficient (Wildman–Crippen LogP) is 4.43. The summed E-state index contributed by atoms with van der Waals surface area (Å²) in [7, 11) is 0. The Morgan fingerprint density at radius 1 is 1.13 bits per heavy atom. The van der Waals surface area contributed by atoms with Crippen LogP contribution in [-0.2, 0) is 22.5 Å². The van der Waals surface area contributed by atoms with Gasteiger partial charge in [0, 0.05) is 18.8 Å². The van der Waals surface area contributed by atoms with Crippen molar-refractivity contribution in [2.45, 2.75) is 52.2 Å². The molecule has 1 aromatic heterocycles. The van der Waals surface area contributed by atoms with Gasteiger partial charge in [0.05, 0.1) is 0 Å². The van der Waals surface area contributed by atoms with Gasteiger partial charge < -0.3 is 20.1 Å². The van der Waals surface area contributed by atoms with Gasteiger partial charge in [0.1, 0.15) is 12.2 Å². The Labute approximate surface area is 184 Å². The first kappa shape index (κ1) is 22.6. The molecule has 1 aromatic carbocycles. The molecule has 31 heavy (non-hydrogen) atoms. The molecular formula is C24H32N4O3. The summed E-state index contributed by atoms with van der Waals surface area (Å²) >= 11 is 0. The topological polar surface area (TPSA) is 90.0 Å². The fraction of sp³-hybridized carbons (Fsp3) is 0.458. The number of amidine groups is 1. The number of carbonyl (C=O) groups excluding carboxylic acids is 1. The minimum Gasteiger partial charge on any atom is -0.459 e. The van der Waals surface area contributed by atoms with Crippen LogP contribution in [0.15, 0.2) is 53.5 Å². The van der Waals surface area contributed by atoms with E-state index < -0.39 is 5.60 Å². The predicted molar refractivity (Wildman–Crippen MR) is 121 cm³/mol. The van der Waals surface area contributed by atoms with Gasteiger partial charge in [-0.15, -0.1) is 0 Å². The highest BCUT2D eigenvalue weighted by atomic mass is 16.6. The van der Waals surface area contributed by atoms with Crippen LogP contribution in [0.4, 0.5) is 10.6 Å². The second-order valence-corrected chi connectivity index (χ2v) is 8.83. The van der Waals surface area contributed by atoms with Crippen molar-refractivity contribution in [2.75, 3.05) is 13.1 Å². The van der Waals surface area contributed by atoms with E-state index in [1.54, 1.807) is 4.90 Å². The Hall–Kier alpha value is -3.09.